The second-order valence-corrected chi connectivity index (χ2v) is 6.36. The number of ether oxygens (including phenoxy) is 1. The van der Waals surface area contributed by atoms with E-state index in [2.05, 4.69) is 15.2 Å². The van der Waals surface area contributed by atoms with Crippen molar-refractivity contribution < 1.29 is 14.3 Å². The third-order valence-electron chi connectivity index (χ3n) is 4.63. The second kappa shape index (κ2) is 9.14. The van der Waals surface area contributed by atoms with Crippen LogP contribution in [0.2, 0.25) is 0 Å². The van der Waals surface area contributed by atoms with Crippen molar-refractivity contribution >= 4 is 11.8 Å². The summed E-state index contributed by atoms with van der Waals surface area (Å²) in [5.74, 6) is 0.619. The van der Waals surface area contributed by atoms with Gasteiger partial charge in [0.1, 0.15) is 5.75 Å². The summed E-state index contributed by atoms with van der Waals surface area (Å²) in [5.41, 5.74) is 1.26. The first-order valence-electron chi connectivity index (χ1n) is 9.01. The van der Waals surface area contributed by atoms with Gasteiger partial charge in [0.05, 0.1) is 7.11 Å². The van der Waals surface area contributed by atoms with Crippen LogP contribution >= 0.6 is 0 Å². The monoisotopic (exact) mass is 368 g/mol. The Morgan fingerprint density at radius 3 is 2.52 bits per heavy atom. The Kier molecular flexibility index (Phi) is 6.38. The first-order valence-corrected chi connectivity index (χ1v) is 9.01. The van der Waals surface area contributed by atoms with Crippen molar-refractivity contribution in [1.82, 2.24) is 20.1 Å². The molecular weight excluding hydrogens is 344 g/mol. The topological polar surface area (TPSA) is 74.8 Å². The average molecular weight is 368 g/mol. The van der Waals surface area contributed by atoms with Gasteiger partial charge < -0.3 is 15.0 Å². The van der Waals surface area contributed by atoms with E-state index in [0.29, 0.717) is 36.5 Å². The molecule has 1 aromatic heterocycles. The van der Waals surface area contributed by atoms with Gasteiger partial charge in [-0.3, -0.25) is 19.5 Å². The smallest absolute Gasteiger partial charge is 0.254 e. The van der Waals surface area contributed by atoms with E-state index >= 15 is 0 Å². The Balaban J connectivity index is 1.42. The zero-order valence-electron chi connectivity index (χ0n) is 15.4. The summed E-state index contributed by atoms with van der Waals surface area (Å²) in [6.07, 6.45) is 3.21. The van der Waals surface area contributed by atoms with Crippen LogP contribution in [-0.2, 0) is 0 Å². The number of rotatable bonds is 6. The number of pyridine rings is 1. The normalized spacial score (nSPS) is 14.6. The molecule has 2 amide bonds. The number of carbonyl (C=O) groups excluding carboxylic acids is 2. The van der Waals surface area contributed by atoms with E-state index in [1.807, 2.05) is 23.1 Å². The molecule has 1 saturated heterocycles. The highest BCUT2D eigenvalue weighted by molar-refractivity contribution is 5.95. The first kappa shape index (κ1) is 18.8. The van der Waals surface area contributed by atoms with Crippen molar-refractivity contribution in [2.24, 2.45) is 0 Å². The maximum atomic E-state index is 12.6. The largest absolute Gasteiger partial charge is 0.497 e. The van der Waals surface area contributed by atoms with E-state index in [0.717, 1.165) is 19.6 Å². The lowest BCUT2D eigenvalue weighted by atomic mass is 10.1. The molecule has 7 nitrogen and oxygen atoms in total. The SMILES string of the molecule is COc1cccc(C(=O)N2CCN(CCNC(=O)c3ccncc3)CC2)c1. The minimum Gasteiger partial charge on any atom is -0.497 e. The van der Waals surface area contributed by atoms with E-state index in [1.54, 1.807) is 37.7 Å². The third-order valence-corrected chi connectivity index (χ3v) is 4.63. The molecule has 27 heavy (non-hydrogen) atoms. The van der Waals surface area contributed by atoms with Crippen LogP contribution < -0.4 is 10.1 Å². The van der Waals surface area contributed by atoms with Crippen molar-refractivity contribution in [2.45, 2.75) is 0 Å². The Bertz CT molecular complexity index is 774. The summed E-state index contributed by atoms with van der Waals surface area (Å²) in [4.78, 5) is 32.7. The van der Waals surface area contributed by atoms with E-state index < -0.39 is 0 Å². The molecule has 1 aromatic carbocycles. The molecule has 0 atom stereocenters. The van der Waals surface area contributed by atoms with Gasteiger partial charge in [0.2, 0.25) is 0 Å². The summed E-state index contributed by atoms with van der Waals surface area (Å²) in [7, 11) is 1.59. The van der Waals surface area contributed by atoms with Gasteiger partial charge in [0, 0.05) is 62.8 Å². The fourth-order valence-corrected chi connectivity index (χ4v) is 3.05. The number of amides is 2. The van der Waals surface area contributed by atoms with E-state index in [4.69, 9.17) is 4.74 Å². The summed E-state index contributed by atoms with van der Waals surface area (Å²) < 4.78 is 5.19. The van der Waals surface area contributed by atoms with Crippen LogP contribution in [-0.4, -0.2) is 73.0 Å². The lowest BCUT2D eigenvalue weighted by Crippen LogP contribution is -2.50. The van der Waals surface area contributed by atoms with Crippen molar-refractivity contribution in [3.63, 3.8) is 0 Å². The van der Waals surface area contributed by atoms with Gasteiger partial charge >= 0.3 is 0 Å². The minimum atomic E-state index is -0.0933. The fourth-order valence-electron chi connectivity index (χ4n) is 3.05. The van der Waals surface area contributed by atoms with Crippen LogP contribution in [0.5, 0.6) is 5.75 Å². The summed E-state index contributed by atoms with van der Waals surface area (Å²) in [5, 5.41) is 2.92. The molecular formula is C20H24N4O3. The molecule has 1 N–H and O–H groups in total. The molecule has 0 unspecified atom stereocenters. The molecule has 0 saturated carbocycles. The van der Waals surface area contributed by atoms with Gasteiger partial charge in [-0.2, -0.15) is 0 Å². The highest BCUT2D eigenvalue weighted by Crippen LogP contribution is 2.15. The zero-order valence-corrected chi connectivity index (χ0v) is 15.4. The predicted octanol–water partition coefficient (Wildman–Crippen LogP) is 1.28. The number of aromatic nitrogens is 1. The molecule has 7 heteroatoms. The Morgan fingerprint density at radius 1 is 1.07 bits per heavy atom. The predicted molar refractivity (Wildman–Crippen MR) is 102 cm³/mol. The molecule has 3 rings (SSSR count). The van der Waals surface area contributed by atoms with Gasteiger partial charge in [0.15, 0.2) is 0 Å². The van der Waals surface area contributed by atoms with Crippen molar-refractivity contribution in [3.8, 4) is 5.75 Å². The number of nitrogens with one attached hydrogen (secondary N) is 1. The number of carbonyl (C=O) groups is 2. The third kappa shape index (κ3) is 5.04. The van der Waals surface area contributed by atoms with Gasteiger partial charge in [0.25, 0.3) is 11.8 Å². The molecule has 142 valence electrons. The lowest BCUT2D eigenvalue weighted by molar-refractivity contribution is 0.0637. The second-order valence-electron chi connectivity index (χ2n) is 6.36. The molecule has 0 spiro atoms. The number of nitrogens with zero attached hydrogens (tertiary/aromatic N) is 3. The highest BCUT2D eigenvalue weighted by atomic mass is 16.5. The Hall–Kier alpha value is -2.93. The number of methoxy groups -OCH3 is 1. The van der Waals surface area contributed by atoms with Gasteiger partial charge in [-0.05, 0) is 30.3 Å². The maximum Gasteiger partial charge on any atom is 0.254 e. The van der Waals surface area contributed by atoms with Crippen LogP contribution in [0.25, 0.3) is 0 Å². The van der Waals surface area contributed by atoms with Crippen LogP contribution in [0.4, 0.5) is 0 Å². The highest BCUT2D eigenvalue weighted by Gasteiger charge is 2.22. The molecule has 0 bridgehead atoms. The van der Waals surface area contributed by atoms with Gasteiger partial charge in [-0.1, -0.05) is 6.07 Å². The standard InChI is InChI=1S/C20H24N4O3/c1-27-18-4-2-3-17(15-18)20(26)24-13-11-23(12-14-24)10-9-22-19(25)16-5-7-21-8-6-16/h2-8,15H,9-14H2,1H3,(H,22,25). The molecule has 1 aliphatic heterocycles. The number of benzene rings is 1. The molecule has 0 radical (unpaired) electrons. The van der Waals surface area contributed by atoms with Crippen molar-refractivity contribution in [1.29, 1.82) is 0 Å². The Labute approximate surface area is 158 Å². The van der Waals surface area contributed by atoms with Crippen LogP contribution in [0, 0.1) is 0 Å². The van der Waals surface area contributed by atoms with Gasteiger partial charge in [-0.15, -0.1) is 0 Å². The Morgan fingerprint density at radius 2 is 1.81 bits per heavy atom. The molecule has 1 aliphatic rings. The number of piperazine rings is 1. The van der Waals surface area contributed by atoms with Crippen molar-refractivity contribution in [3.05, 3.63) is 59.9 Å². The first-order chi connectivity index (χ1) is 13.2. The van der Waals surface area contributed by atoms with Crippen LogP contribution in [0.15, 0.2) is 48.8 Å². The molecule has 2 aromatic rings. The average Bonchev–Trinajstić information content (AvgIpc) is 2.74. The van der Waals surface area contributed by atoms with Crippen LogP contribution in [0.3, 0.4) is 0 Å². The lowest BCUT2D eigenvalue weighted by Gasteiger charge is -2.34. The fraction of sp³-hybridized carbons (Fsp3) is 0.350. The van der Waals surface area contributed by atoms with Crippen LogP contribution in [0.1, 0.15) is 20.7 Å². The minimum absolute atomic E-state index is 0.0274. The zero-order chi connectivity index (χ0) is 19.1. The molecule has 2 heterocycles. The van der Waals surface area contributed by atoms with E-state index in [-0.39, 0.29) is 11.8 Å². The van der Waals surface area contributed by atoms with Gasteiger partial charge in [-0.25, -0.2) is 0 Å². The van der Waals surface area contributed by atoms with E-state index in [9.17, 15) is 9.59 Å². The number of hydrogen-bond acceptors (Lipinski definition) is 5. The summed E-state index contributed by atoms with van der Waals surface area (Å²) >= 11 is 0. The van der Waals surface area contributed by atoms with Crippen molar-refractivity contribution in [2.75, 3.05) is 46.4 Å². The van der Waals surface area contributed by atoms with E-state index in [1.165, 1.54) is 0 Å². The summed E-state index contributed by atoms with van der Waals surface area (Å²) in [6, 6.07) is 10.6. The molecule has 1 fully saturated rings. The maximum absolute atomic E-state index is 12.6. The quantitative estimate of drug-likeness (QED) is 0.831. The summed E-state index contributed by atoms with van der Waals surface area (Å²) in [6.45, 7) is 4.27. The number of hydrogen-bond donors (Lipinski definition) is 1. The molecule has 0 aliphatic carbocycles.